The summed E-state index contributed by atoms with van der Waals surface area (Å²) < 4.78 is 4.46. The third kappa shape index (κ3) is 1.88. The summed E-state index contributed by atoms with van der Waals surface area (Å²) >= 11 is 0. The van der Waals surface area contributed by atoms with E-state index in [1.807, 2.05) is 30.3 Å². The third-order valence-corrected chi connectivity index (χ3v) is 3.22. The molecule has 0 radical (unpaired) electrons. The molecule has 0 atom stereocenters. The zero-order chi connectivity index (χ0) is 14.1. The number of esters is 1. The van der Waals surface area contributed by atoms with Gasteiger partial charge >= 0.3 is 5.97 Å². The van der Waals surface area contributed by atoms with Crippen LogP contribution in [0.4, 0.5) is 0 Å². The van der Waals surface area contributed by atoms with E-state index in [1.54, 1.807) is 12.1 Å². The zero-order valence-corrected chi connectivity index (χ0v) is 10.8. The van der Waals surface area contributed by atoms with E-state index in [-0.39, 0.29) is 5.78 Å². The second kappa shape index (κ2) is 4.67. The summed E-state index contributed by atoms with van der Waals surface area (Å²) in [5, 5.41) is 0. The fourth-order valence-corrected chi connectivity index (χ4v) is 2.28. The Morgan fingerprint density at radius 2 is 1.70 bits per heavy atom. The first-order chi connectivity index (χ1) is 9.70. The molecule has 0 saturated carbocycles. The number of hydrogen-bond acceptors (Lipinski definition) is 3. The van der Waals surface area contributed by atoms with Crippen LogP contribution in [-0.2, 0) is 9.53 Å². The fourth-order valence-electron chi connectivity index (χ4n) is 2.28. The minimum atomic E-state index is -0.597. The summed E-state index contributed by atoms with van der Waals surface area (Å²) in [4.78, 5) is 23.3. The first-order valence-electron chi connectivity index (χ1n) is 6.09. The Morgan fingerprint density at radius 1 is 1.00 bits per heavy atom. The summed E-state index contributed by atoms with van der Waals surface area (Å²) in [6.45, 7) is 0. The molecular formula is C17H10O3. The molecule has 2 aromatic carbocycles. The number of ether oxygens (including phenoxy) is 1. The Balaban J connectivity index is 2.06. The average molecular weight is 262 g/mol. The highest BCUT2D eigenvalue weighted by molar-refractivity contribution is 6.21. The second-order valence-electron chi connectivity index (χ2n) is 4.38. The molecule has 3 nitrogen and oxygen atoms in total. The van der Waals surface area contributed by atoms with Crippen LogP contribution in [0.2, 0.25) is 0 Å². The predicted molar refractivity (Wildman–Crippen MR) is 74.2 cm³/mol. The van der Waals surface area contributed by atoms with Crippen molar-refractivity contribution in [3.8, 4) is 23.0 Å². The highest BCUT2D eigenvalue weighted by atomic mass is 16.5. The van der Waals surface area contributed by atoms with Crippen molar-refractivity contribution in [3.63, 3.8) is 0 Å². The molecule has 96 valence electrons. The van der Waals surface area contributed by atoms with E-state index in [4.69, 9.17) is 0 Å². The summed E-state index contributed by atoms with van der Waals surface area (Å²) in [5.41, 5.74) is 3.81. The first kappa shape index (κ1) is 12.2. The summed E-state index contributed by atoms with van der Waals surface area (Å²) in [6, 6.07) is 12.9. The Bertz CT molecular complexity index is 791. The van der Waals surface area contributed by atoms with Crippen LogP contribution in [0.25, 0.3) is 11.1 Å². The van der Waals surface area contributed by atoms with Gasteiger partial charge in [-0.3, -0.25) is 4.79 Å². The molecule has 0 fully saturated rings. The monoisotopic (exact) mass is 262 g/mol. The lowest BCUT2D eigenvalue weighted by molar-refractivity contribution is -0.133. The summed E-state index contributed by atoms with van der Waals surface area (Å²) in [6.07, 6.45) is 0. The van der Waals surface area contributed by atoms with Crippen LogP contribution in [0.3, 0.4) is 0 Å². The van der Waals surface area contributed by atoms with Gasteiger partial charge in [-0.25, -0.2) is 4.79 Å². The molecule has 20 heavy (non-hydrogen) atoms. The number of carbonyl (C=O) groups excluding carboxylic acids is 2. The van der Waals surface area contributed by atoms with Gasteiger partial charge in [0.25, 0.3) is 0 Å². The minimum absolute atomic E-state index is 0.00248. The number of carbonyl (C=O) groups is 2. The van der Waals surface area contributed by atoms with Crippen molar-refractivity contribution in [1.29, 1.82) is 0 Å². The Morgan fingerprint density at radius 3 is 2.45 bits per heavy atom. The molecule has 0 amide bonds. The van der Waals surface area contributed by atoms with Crippen LogP contribution < -0.4 is 0 Å². The molecule has 1 aliphatic rings. The van der Waals surface area contributed by atoms with Gasteiger partial charge in [-0.2, -0.15) is 0 Å². The van der Waals surface area contributed by atoms with Gasteiger partial charge in [0.15, 0.2) is 5.78 Å². The van der Waals surface area contributed by atoms with Crippen molar-refractivity contribution < 1.29 is 14.3 Å². The average Bonchev–Trinajstić information content (AvgIpc) is 2.78. The van der Waals surface area contributed by atoms with E-state index >= 15 is 0 Å². The van der Waals surface area contributed by atoms with Crippen LogP contribution in [0, 0.1) is 11.8 Å². The van der Waals surface area contributed by atoms with Gasteiger partial charge < -0.3 is 4.74 Å². The summed E-state index contributed by atoms with van der Waals surface area (Å²) in [5.74, 6) is 4.45. The van der Waals surface area contributed by atoms with E-state index in [0.717, 1.165) is 11.1 Å². The molecule has 1 aliphatic carbocycles. The maximum absolute atomic E-state index is 12.3. The predicted octanol–water partition coefficient (Wildman–Crippen LogP) is 2.42. The molecular weight excluding hydrogens is 252 g/mol. The van der Waals surface area contributed by atoms with Crippen molar-refractivity contribution in [2.75, 3.05) is 7.11 Å². The highest BCUT2D eigenvalue weighted by Crippen LogP contribution is 2.36. The number of benzene rings is 2. The van der Waals surface area contributed by atoms with Crippen LogP contribution in [0.5, 0.6) is 0 Å². The lowest BCUT2D eigenvalue weighted by Gasteiger charge is -1.99. The van der Waals surface area contributed by atoms with Gasteiger partial charge in [-0.1, -0.05) is 36.3 Å². The van der Waals surface area contributed by atoms with Gasteiger partial charge in [0, 0.05) is 22.6 Å². The smallest absolute Gasteiger partial charge is 0.384 e. The van der Waals surface area contributed by atoms with Gasteiger partial charge in [0.1, 0.15) is 0 Å². The molecule has 2 aromatic rings. The Kier molecular flexibility index (Phi) is 2.85. The van der Waals surface area contributed by atoms with Crippen LogP contribution in [0.15, 0.2) is 42.5 Å². The molecule has 0 unspecified atom stereocenters. The van der Waals surface area contributed by atoms with Crippen LogP contribution in [0.1, 0.15) is 21.5 Å². The maximum Gasteiger partial charge on any atom is 0.384 e. The first-order valence-corrected chi connectivity index (χ1v) is 6.09. The molecule has 3 heteroatoms. The Labute approximate surface area is 116 Å². The number of fused-ring (bicyclic) bond motifs is 3. The standard InChI is InChI=1S/C17H10O3/c1-20-16(18)9-7-11-6-8-13-12-4-2-3-5-14(12)17(19)15(13)10-11/h2-6,8,10H,1H3. The number of methoxy groups -OCH3 is 1. The van der Waals surface area contributed by atoms with E-state index in [2.05, 4.69) is 16.6 Å². The zero-order valence-electron chi connectivity index (χ0n) is 10.8. The second-order valence-corrected chi connectivity index (χ2v) is 4.38. The van der Waals surface area contributed by atoms with Gasteiger partial charge in [0.05, 0.1) is 7.11 Å². The third-order valence-electron chi connectivity index (χ3n) is 3.22. The lowest BCUT2D eigenvalue weighted by atomic mass is 10.0. The Hall–Kier alpha value is -2.86. The molecule has 0 saturated heterocycles. The van der Waals surface area contributed by atoms with Crippen molar-refractivity contribution >= 4 is 11.8 Å². The van der Waals surface area contributed by atoms with E-state index in [1.165, 1.54) is 7.11 Å². The van der Waals surface area contributed by atoms with Gasteiger partial charge in [-0.05, 0) is 23.3 Å². The van der Waals surface area contributed by atoms with Crippen molar-refractivity contribution in [2.45, 2.75) is 0 Å². The van der Waals surface area contributed by atoms with Gasteiger partial charge in [-0.15, -0.1) is 0 Å². The topological polar surface area (TPSA) is 43.4 Å². The molecule has 0 bridgehead atoms. The fraction of sp³-hybridized carbons (Fsp3) is 0.0588. The van der Waals surface area contributed by atoms with E-state index in [0.29, 0.717) is 16.7 Å². The van der Waals surface area contributed by atoms with Crippen LogP contribution >= 0.6 is 0 Å². The number of hydrogen-bond donors (Lipinski definition) is 0. The van der Waals surface area contributed by atoms with Crippen LogP contribution in [-0.4, -0.2) is 18.9 Å². The lowest BCUT2D eigenvalue weighted by Crippen LogP contribution is -1.96. The van der Waals surface area contributed by atoms with Crippen molar-refractivity contribution in [3.05, 3.63) is 59.2 Å². The molecule has 0 N–H and O–H groups in total. The van der Waals surface area contributed by atoms with E-state index in [9.17, 15) is 9.59 Å². The summed E-state index contributed by atoms with van der Waals surface area (Å²) in [7, 11) is 1.28. The largest absolute Gasteiger partial charge is 0.459 e. The molecule has 0 aromatic heterocycles. The maximum atomic E-state index is 12.3. The minimum Gasteiger partial charge on any atom is -0.459 e. The molecule has 0 heterocycles. The van der Waals surface area contributed by atoms with Crippen molar-refractivity contribution in [1.82, 2.24) is 0 Å². The van der Waals surface area contributed by atoms with E-state index < -0.39 is 5.97 Å². The number of rotatable bonds is 0. The SMILES string of the molecule is COC(=O)C#Cc1ccc2c(c1)C(=O)c1ccccc1-2. The normalized spacial score (nSPS) is 11.2. The highest BCUT2D eigenvalue weighted by Gasteiger charge is 2.25. The van der Waals surface area contributed by atoms with Gasteiger partial charge in [0.2, 0.25) is 0 Å². The molecule has 0 spiro atoms. The quantitative estimate of drug-likeness (QED) is 0.461. The molecule has 0 aliphatic heterocycles. The number of ketones is 1. The molecule has 3 rings (SSSR count). The van der Waals surface area contributed by atoms with Crippen molar-refractivity contribution in [2.24, 2.45) is 0 Å².